The molecule has 1 heterocycles. The first-order valence-corrected chi connectivity index (χ1v) is 4.46. The van der Waals surface area contributed by atoms with Crippen molar-refractivity contribution in [3.05, 3.63) is 35.0 Å². The van der Waals surface area contributed by atoms with Crippen LogP contribution in [0.2, 0.25) is 0 Å². The van der Waals surface area contributed by atoms with Crippen molar-refractivity contribution in [2.45, 2.75) is 13.3 Å². The third-order valence-electron chi connectivity index (χ3n) is 1.10. The fraction of sp³-hybridized carbons (Fsp3) is 0.222. The van der Waals surface area contributed by atoms with E-state index in [1.165, 1.54) is 11.3 Å². The van der Waals surface area contributed by atoms with Crippen LogP contribution in [0.5, 0.6) is 0 Å². The minimum absolute atomic E-state index is 0.833. The van der Waals surface area contributed by atoms with Crippen molar-refractivity contribution in [2.75, 3.05) is 0 Å². The normalized spacial score (nSPS) is 8.08. The quantitative estimate of drug-likeness (QED) is 0.717. The summed E-state index contributed by atoms with van der Waals surface area (Å²) in [7, 11) is 0. The number of carbonyl (C=O) groups is 1. The Kier molecular flexibility index (Phi) is 6.01. The predicted molar refractivity (Wildman–Crippen MR) is 51.5 cm³/mol. The SMILES string of the molecule is C=CC(=O)O.CCc1cccs1. The standard InChI is InChI=1S/C6H8S.C3H4O2/c1-2-6-4-3-5-7-6;1-2-3(4)5/h3-5H,2H2,1H3;2H,1H2,(H,4,5). The highest BCUT2D eigenvalue weighted by Crippen LogP contribution is 2.07. The lowest BCUT2D eigenvalue weighted by atomic mass is 10.4. The highest BCUT2D eigenvalue weighted by molar-refractivity contribution is 7.09. The van der Waals surface area contributed by atoms with Crippen molar-refractivity contribution in [3.8, 4) is 0 Å². The Balaban J connectivity index is 0.000000217. The Bertz CT molecular complexity index is 227. The van der Waals surface area contributed by atoms with Gasteiger partial charge in [0.25, 0.3) is 0 Å². The Morgan fingerprint density at radius 2 is 2.42 bits per heavy atom. The van der Waals surface area contributed by atoms with Gasteiger partial charge in [0.2, 0.25) is 0 Å². The van der Waals surface area contributed by atoms with Gasteiger partial charge < -0.3 is 5.11 Å². The van der Waals surface area contributed by atoms with Gasteiger partial charge in [0.1, 0.15) is 0 Å². The molecule has 0 aliphatic heterocycles. The molecule has 0 aliphatic carbocycles. The van der Waals surface area contributed by atoms with Crippen LogP contribution in [0.3, 0.4) is 0 Å². The molecule has 0 atom stereocenters. The number of aliphatic carboxylic acids is 1. The van der Waals surface area contributed by atoms with Gasteiger partial charge in [0.05, 0.1) is 0 Å². The van der Waals surface area contributed by atoms with Crippen LogP contribution in [-0.4, -0.2) is 11.1 Å². The van der Waals surface area contributed by atoms with Gasteiger partial charge in [0.15, 0.2) is 0 Å². The minimum Gasteiger partial charge on any atom is -0.478 e. The third kappa shape index (κ3) is 5.68. The van der Waals surface area contributed by atoms with E-state index in [2.05, 4.69) is 31.0 Å². The van der Waals surface area contributed by atoms with E-state index in [4.69, 9.17) is 5.11 Å². The Morgan fingerprint density at radius 3 is 2.58 bits per heavy atom. The monoisotopic (exact) mass is 184 g/mol. The van der Waals surface area contributed by atoms with E-state index in [1.54, 1.807) is 0 Å². The van der Waals surface area contributed by atoms with E-state index in [1.807, 2.05) is 11.3 Å². The summed E-state index contributed by atoms with van der Waals surface area (Å²) in [5.41, 5.74) is 0. The second-order valence-electron chi connectivity index (χ2n) is 1.98. The molecule has 0 aromatic carbocycles. The van der Waals surface area contributed by atoms with Gasteiger partial charge in [-0.1, -0.05) is 19.6 Å². The summed E-state index contributed by atoms with van der Waals surface area (Å²) in [6.07, 6.45) is 2.01. The molecule has 0 aliphatic rings. The maximum Gasteiger partial charge on any atom is 0.327 e. The molecule has 66 valence electrons. The maximum absolute atomic E-state index is 9.25. The summed E-state index contributed by atoms with van der Waals surface area (Å²) in [5, 5.41) is 9.71. The zero-order valence-electron chi connectivity index (χ0n) is 6.99. The van der Waals surface area contributed by atoms with Gasteiger partial charge in [-0.15, -0.1) is 11.3 Å². The van der Waals surface area contributed by atoms with Gasteiger partial charge in [0, 0.05) is 11.0 Å². The van der Waals surface area contributed by atoms with Gasteiger partial charge in [-0.25, -0.2) is 4.79 Å². The van der Waals surface area contributed by atoms with Crippen LogP contribution in [-0.2, 0) is 11.2 Å². The van der Waals surface area contributed by atoms with Crippen molar-refractivity contribution in [1.82, 2.24) is 0 Å². The van der Waals surface area contributed by atoms with E-state index < -0.39 is 5.97 Å². The number of aryl methyl sites for hydroxylation is 1. The lowest BCUT2D eigenvalue weighted by Gasteiger charge is -1.78. The number of thiophene rings is 1. The first-order chi connectivity index (χ1) is 5.70. The summed E-state index contributed by atoms with van der Waals surface area (Å²) < 4.78 is 0. The van der Waals surface area contributed by atoms with E-state index in [0.29, 0.717) is 0 Å². The molecule has 0 spiro atoms. The lowest BCUT2D eigenvalue weighted by molar-refractivity contribution is -0.131. The molecular formula is C9H12O2S. The predicted octanol–water partition coefficient (Wildman–Crippen LogP) is 2.57. The average molecular weight is 184 g/mol. The first-order valence-electron chi connectivity index (χ1n) is 3.58. The van der Waals surface area contributed by atoms with Gasteiger partial charge in [-0.05, 0) is 17.9 Å². The van der Waals surface area contributed by atoms with Crippen LogP contribution >= 0.6 is 11.3 Å². The van der Waals surface area contributed by atoms with Crippen LogP contribution in [0.25, 0.3) is 0 Å². The third-order valence-corrected chi connectivity index (χ3v) is 2.12. The largest absolute Gasteiger partial charge is 0.478 e. The molecule has 0 saturated heterocycles. The topological polar surface area (TPSA) is 37.3 Å². The van der Waals surface area contributed by atoms with Gasteiger partial charge in [-0.3, -0.25) is 0 Å². The molecule has 2 nitrogen and oxygen atoms in total. The van der Waals surface area contributed by atoms with Crippen LogP contribution < -0.4 is 0 Å². The highest BCUT2D eigenvalue weighted by atomic mass is 32.1. The van der Waals surface area contributed by atoms with Gasteiger partial charge in [-0.2, -0.15) is 0 Å². The lowest BCUT2D eigenvalue weighted by Crippen LogP contribution is -1.82. The molecule has 0 fully saturated rings. The van der Waals surface area contributed by atoms with Crippen molar-refractivity contribution in [1.29, 1.82) is 0 Å². The summed E-state index contributed by atoms with van der Waals surface area (Å²) in [6.45, 7) is 5.13. The van der Waals surface area contributed by atoms with Crippen LogP contribution in [0, 0.1) is 0 Å². The molecule has 12 heavy (non-hydrogen) atoms. The fourth-order valence-electron chi connectivity index (χ4n) is 0.514. The zero-order chi connectivity index (χ0) is 9.40. The molecule has 1 N–H and O–H groups in total. The minimum atomic E-state index is -0.981. The smallest absolute Gasteiger partial charge is 0.327 e. The maximum atomic E-state index is 9.25. The second-order valence-corrected chi connectivity index (χ2v) is 3.01. The highest BCUT2D eigenvalue weighted by Gasteiger charge is 1.82. The van der Waals surface area contributed by atoms with E-state index in [9.17, 15) is 4.79 Å². The van der Waals surface area contributed by atoms with Crippen LogP contribution in [0.1, 0.15) is 11.8 Å². The summed E-state index contributed by atoms with van der Waals surface area (Å²) in [4.78, 5) is 10.7. The van der Waals surface area contributed by atoms with E-state index >= 15 is 0 Å². The average Bonchev–Trinajstić information content (AvgIpc) is 2.57. The van der Waals surface area contributed by atoms with Crippen LogP contribution in [0.15, 0.2) is 30.2 Å². The number of carboxylic acid groups (broad SMARTS) is 1. The Morgan fingerprint density at radius 1 is 1.83 bits per heavy atom. The molecule has 0 unspecified atom stereocenters. The van der Waals surface area contributed by atoms with Crippen LogP contribution in [0.4, 0.5) is 0 Å². The van der Waals surface area contributed by atoms with Crippen molar-refractivity contribution >= 4 is 17.3 Å². The molecule has 0 radical (unpaired) electrons. The van der Waals surface area contributed by atoms with Crippen molar-refractivity contribution < 1.29 is 9.90 Å². The molecule has 3 heteroatoms. The summed E-state index contributed by atoms with van der Waals surface area (Å²) in [6, 6.07) is 4.24. The number of carboxylic acids is 1. The van der Waals surface area contributed by atoms with Crippen molar-refractivity contribution in [3.63, 3.8) is 0 Å². The van der Waals surface area contributed by atoms with Crippen molar-refractivity contribution in [2.24, 2.45) is 0 Å². The molecule has 0 amide bonds. The zero-order valence-corrected chi connectivity index (χ0v) is 7.80. The first kappa shape index (κ1) is 10.9. The van der Waals surface area contributed by atoms with Gasteiger partial charge >= 0.3 is 5.97 Å². The molecule has 1 aromatic heterocycles. The fourth-order valence-corrected chi connectivity index (χ4v) is 1.17. The number of hydrogen-bond donors (Lipinski definition) is 1. The molecule has 0 bridgehead atoms. The summed E-state index contributed by atoms with van der Waals surface area (Å²) >= 11 is 1.82. The summed E-state index contributed by atoms with van der Waals surface area (Å²) in [5.74, 6) is -0.981. The van der Waals surface area contributed by atoms with E-state index in [0.717, 1.165) is 6.08 Å². The molecular weight excluding hydrogens is 172 g/mol. The molecule has 0 saturated carbocycles. The Labute approximate surface area is 76.2 Å². The second kappa shape index (κ2) is 6.61. The van der Waals surface area contributed by atoms with E-state index in [-0.39, 0.29) is 0 Å². The number of hydrogen-bond acceptors (Lipinski definition) is 2. The number of rotatable bonds is 2. The molecule has 1 rings (SSSR count). The Hall–Kier alpha value is -1.09. The molecule has 1 aromatic rings.